The number of primary amides is 1. The quantitative estimate of drug-likeness (QED) is 0.772. The van der Waals surface area contributed by atoms with Crippen molar-refractivity contribution >= 4 is 6.09 Å². The molecule has 0 atom stereocenters. The number of ether oxygens (including phenoxy) is 1. The molecular formula is C13H29NO2. The van der Waals surface area contributed by atoms with E-state index < -0.39 is 6.09 Å². The summed E-state index contributed by atoms with van der Waals surface area (Å²) < 4.78 is 4.18. The zero-order valence-electron chi connectivity index (χ0n) is 11.3. The van der Waals surface area contributed by atoms with E-state index in [9.17, 15) is 4.79 Å². The molecule has 1 rings (SSSR count). The lowest BCUT2D eigenvalue weighted by Crippen LogP contribution is -2.11. The van der Waals surface area contributed by atoms with Gasteiger partial charge in [0.05, 0.1) is 6.61 Å². The average molecular weight is 231 g/mol. The molecule has 0 aromatic carbocycles. The third-order valence-electron chi connectivity index (χ3n) is 2.29. The maximum absolute atomic E-state index is 9.60. The minimum atomic E-state index is -0.711. The lowest BCUT2D eigenvalue weighted by Gasteiger charge is -2.05. The second kappa shape index (κ2) is 16.7. The normalized spacial score (nSPS) is 13.7. The van der Waals surface area contributed by atoms with Crippen molar-refractivity contribution in [3.63, 3.8) is 0 Å². The summed E-state index contributed by atoms with van der Waals surface area (Å²) >= 11 is 0. The van der Waals surface area contributed by atoms with E-state index >= 15 is 0 Å². The van der Waals surface area contributed by atoms with Crippen LogP contribution < -0.4 is 5.73 Å². The van der Waals surface area contributed by atoms with Crippen molar-refractivity contribution in [2.75, 3.05) is 6.61 Å². The van der Waals surface area contributed by atoms with Crippen LogP contribution in [0.5, 0.6) is 0 Å². The highest BCUT2D eigenvalue weighted by molar-refractivity contribution is 5.64. The molecule has 0 aromatic rings. The van der Waals surface area contributed by atoms with Gasteiger partial charge in [-0.1, -0.05) is 65.2 Å². The molecule has 0 unspecified atom stereocenters. The van der Waals surface area contributed by atoms with Crippen molar-refractivity contribution in [1.29, 1.82) is 0 Å². The summed E-state index contributed by atoms with van der Waals surface area (Å²) in [6.07, 6.45) is 10.9. The molecule has 0 bridgehead atoms. The van der Waals surface area contributed by atoms with Crippen LogP contribution in [-0.4, -0.2) is 12.7 Å². The Morgan fingerprint density at radius 1 is 0.938 bits per heavy atom. The first-order valence-corrected chi connectivity index (χ1v) is 6.61. The van der Waals surface area contributed by atoms with Gasteiger partial charge >= 0.3 is 6.09 Å². The highest BCUT2D eigenvalue weighted by Crippen LogP contribution is 2.15. The topological polar surface area (TPSA) is 52.3 Å². The highest BCUT2D eigenvalue weighted by Gasteiger charge is 1.95. The summed E-state index contributed by atoms with van der Waals surface area (Å²) in [5, 5.41) is 0. The van der Waals surface area contributed by atoms with E-state index in [2.05, 4.69) is 24.3 Å². The third kappa shape index (κ3) is 23.2. The van der Waals surface area contributed by atoms with Crippen LogP contribution in [0.15, 0.2) is 0 Å². The number of rotatable bonds is 2. The van der Waals surface area contributed by atoms with Gasteiger partial charge in [-0.15, -0.1) is 0 Å². The Balaban J connectivity index is 0. The minimum Gasteiger partial charge on any atom is -0.450 e. The first-order valence-electron chi connectivity index (χ1n) is 6.61. The molecule has 0 saturated heterocycles. The molecule has 0 radical (unpaired) electrons. The van der Waals surface area contributed by atoms with Gasteiger partial charge in [0.25, 0.3) is 0 Å². The van der Waals surface area contributed by atoms with E-state index in [1.165, 1.54) is 51.4 Å². The summed E-state index contributed by atoms with van der Waals surface area (Å²) in [6.45, 7) is 6.42. The SMILES string of the molecule is C1CCCCC1.CCCC.CCOC(N)=O. The number of nitrogens with two attached hydrogens (primary N) is 1. The largest absolute Gasteiger partial charge is 0.450 e. The van der Waals surface area contributed by atoms with Crippen molar-refractivity contribution in [2.45, 2.75) is 72.1 Å². The molecule has 0 heterocycles. The van der Waals surface area contributed by atoms with Crippen molar-refractivity contribution in [2.24, 2.45) is 5.73 Å². The zero-order chi connectivity index (χ0) is 12.6. The number of amides is 1. The molecule has 0 aromatic heterocycles. The second-order valence-corrected chi connectivity index (χ2v) is 3.87. The standard InChI is InChI=1S/C6H12.C4H10.C3H7NO2/c1-2-4-6-5-3-1;1-3-4-2;1-2-6-3(4)5/h1-6H2;3-4H2,1-2H3;2H2,1H3,(H2,4,5). The van der Waals surface area contributed by atoms with E-state index in [1.807, 2.05) is 0 Å². The lowest BCUT2D eigenvalue weighted by atomic mass is 10.0. The van der Waals surface area contributed by atoms with Gasteiger partial charge in [-0.05, 0) is 6.92 Å². The number of carbonyl (C=O) groups excluding carboxylic acids is 1. The van der Waals surface area contributed by atoms with Gasteiger partial charge in [0.2, 0.25) is 0 Å². The molecule has 3 nitrogen and oxygen atoms in total. The van der Waals surface area contributed by atoms with Crippen molar-refractivity contribution in [3.05, 3.63) is 0 Å². The molecule has 1 amide bonds. The Labute approximate surface area is 101 Å². The Hall–Kier alpha value is -0.730. The van der Waals surface area contributed by atoms with E-state index in [1.54, 1.807) is 6.92 Å². The van der Waals surface area contributed by atoms with Crippen LogP contribution >= 0.6 is 0 Å². The van der Waals surface area contributed by atoms with E-state index in [0.29, 0.717) is 6.61 Å². The Morgan fingerprint density at radius 2 is 1.25 bits per heavy atom. The maximum Gasteiger partial charge on any atom is 0.404 e. The minimum absolute atomic E-state index is 0.356. The summed E-state index contributed by atoms with van der Waals surface area (Å²) in [5.41, 5.74) is 4.54. The van der Waals surface area contributed by atoms with Gasteiger partial charge in [-0.3, -0.25) is 0 Å². The Morgan fingerprint density at radius 3 is 1.31 bits per heavy atom. The monoisotopic (exact) mass is 231 g/mol. The van der Waals surface area contributed by atoms with E-state index in [0.717, 1.165) is 0 Å². The highest BCUT2D eigenvalue weighted by atomic mass is 16.5. The Bertz CT molecular complexity index is 120. The van der Waals surface area contributed by atoms with Gasteiger partial charge in [-0.25, -0.2) is 4.79 Å². The molecule has 1 saturated carbocycles. The molecule has 2 N–H and O–H groups in total. The fourth-order valence-corrected chi connectivity index (χ4v) is 1.20. The fraction of sp³-hybridized carbons (Fsp3) is 0.923. The number of unbranched alkanes of at least 4 members (excludes halogenated alkanes) is 1. The first-order chi connectivity index (χ1) is 7.68. The maximum atomic E-state index is 9.60. The number of hydrogen-bond donors (Lipinski definition) is 1. The predicted molar refractivity (Wildman–Crippen MR) is 69.5 cm³/mol. The third-order valence-corrected chi connectivity index (χ3v) is 2.29. The van der Waals surface area contributed by atoms with Crippen LogP contribution in [0.4, 0.5) is 4.79 Å². The number of hydrogen-bond acceptors (Lipinski definition) is 2. The molecule has 98 valence electrons. The summed E-state index contributed by atoms with van der Waals surface area (Å²) in [6, 6.07) is 0. The van der Waals surface area contributed by atoms with Gasteiger partial charge < -0.3 is 10.5 Å². The van der Waals surface area contributed by atoms with Crippen molar-refractivity contribution in [1.82, 2.24) is 0 Å². The van der Waals surface area contributed by atoms with Crippen LogP contribution in [0, 0.1) is 0 Å². The summed E-state index contributed by atoms with van der Waals surface area (Å²) in [7, 11) is 0. The van der Waals surface area contributed by atoms with Crippen molar-refractivity contribution in [3.8, 4) is 0 Å². The zero-order valence-corrected chi connectivity index (χ0v) is 11.3. The molecule has 1 aliphatic carbocycles. The average Bonchev–Trinajstić information content (AvgIpc) is 2.32. The van der Waals surface area contributed by atoms with Gasteiger partial charge in [0, 0.05) is 0 Å². The van der Waals surface area contributed by atoms with E-state index in [4.69, 9.17) is 0 Å². The van der Waals surface area contributed by atoms with Crippen LogP contribution in [-0.2, 0) is 4.74 Å². The molecule has 1 aliphatic rings. The van der Waals surface area contributed by atoms with Gasteiger partial charge in [-0.2, -0.15) is 0 Å². The summed E-state index contributed by atoms with van der Waals surface area (Å²) in [4.78, 5) is 9.60. The van der Waals surface area contributed by atoms with Crippen LogP contribution in [0.25, 0.3) is 0 Å². The van der Waals surface area contributed by atoms with Gasteiger partial charge in [0.15, 0.2) is 0 Å². The van der Waals surface area contributed by atoms with Crippen molar-refractivity contribution < 1.29 is 9.53 Å². The molecular weight excluding hydrogens is 202 g/mol. The van der Waals surface area contributed by atoms with E-state index in [-0.39, 0.29) is 0 Å². The molecule has 0 aliphatic heterocycles. The van der Waals surface area contributed by atoms with Gasteiger partial charge in [0.1, 0.15) is 0 Å². The number of carbonyl (C=O) groups is 1. The smallest absolute Gasteiger partial charge is 0.404 e. The molecule has 0 spiro atoms. The molecule has 3 heteroatoms. The van der Waals surface area contributed by atoms with Crippen LogP contribution in [0.3, 0.4) is 0 Å². The molecule has 1 fully saturated rings. The Kier molecular flexibility index (Phi) is 18.4. The first kappa shape index (κ1) is 17.7. The summed E-state index contributed by atoms with van der Waals surface area (Å²) in [5.74, 6) is 0. The molecule has 16 heavy (non-hydrogen) atoms. The predicted octanol–water partition coefficient (Wildman–Crippen LogP) is 4.25. The lowest BCUT2D eigenvalue weighted by molar-refractivity contribution is 0.163. The van der Waals surface area contributed by atoms with Crippen LogP contribution in [0.2, 0.25) is 0 Å². The fourth-order valence-electron chi connectivity index (χ4n) is 1.20. The van der Waals surface area contributed by atoms with Crippen LogP contribution in [0.1, 0.15) is 72.1 Å². The second-order valence-electron chi connectivity index (χ2n) is 3.87.